The maximum atomic E-state index is 12.7. The predicted octanol–water partition coefficient (Wildman–Crippen LogP) is 2.04. The van der Waals surface area contributed by atoms with E-state index < -0.39 is 5.97 Å². The van der Waals surface area contributed by atoms with Crippen LogP contribution >= 0.6 is 0 Å². The molecule has 122 valence electrons. The Morgan fingerprint density at radius 1 is 1.29 bits per heavy atom. The standard InChI is InChI=1S/C15H28N2O4/c1-4-13(5-2)17(10-11-21-3)15(20)16-8-6-12(7-9-16)14(18)19/h12-13H,4-11H2,1-3H3,(H,18,19). The summed E-state index contributed by atoms with van der Waals surface area (Å²) in [4.78, 5) is 27.3. The van der Waals surface area contributed by atoms with Gasteiger partial charge in [0, 0.05) is 32.8 Å². The Bertz CT molecular complexity index is 337. The van der Waals surface area contributed by atoms with Crippen LogP contribution in [-0.2, 0) is 9.53 Å². The average Bonchev–Trinajstić information content (AvgIpc) is 2.51. The number of piperidine rings is 1. The highest BCUT2D eigenvalue weighted by Gasteiger charge is 2.31. The largest absolute Gasteiger partial charge is 0.481 e. The lowest BCUT2D eigenvalue weighted by atomic mass is 9.97. The minimum atomic E-state index is -0.752. The molecule has 2 amide bonds. The average molecular weight is 300 g/mol. The second-order valence-electron chi connectivity index (χ2n) is 5.54. The van der Waals surface area contributed by atoms with Crippen molar-refractivity contribution < 1.29 is 19.4 Å². The molecule has 1 fully saturated rings. The highest BCUT2D eigenvalue weighted by Crippen LogP contribution is 2.20. The number of ether oxygens (including phenoxy) is 1. The van der Waals surface area contributed by atoms with Gasteiger partial charge in [0.2, 0.25) is 0 Å². The number of carbonyl (C=O) groups excluding carboxylic acids is 1. The molecule has 0 aromatic carbocycles. The van der Waals surface area contributed by atoms with E-state index >= 15 is 0 Å². The van der Waals surface area contributed by atoms with E-state index in [0.29, 0.717) is 39.1 Å². The molecule has 0 atom stereocenters. The summed E-state index contributed by atoms with van der Waals surface area (Å²) >= 11 is 0. The fraction of sp³-hybridized carbons (Fsp3) is 0.867. The topological polar surface area (TPSA) is 70.1 Å². The summed E-state index contributed by atoms with van der Waals surface area (Å²) in [7, 11) is 1.63. The van der Waals surface area contributed by atoms with Crippen LogP contribution in [-0.4, -0.2) is 66.3 Å². The van der Waals surface area contributed by atoms with Gasteiger partial charge in [-0.15, -0.1) is 0 Å². The zero-order valence-electron chi connectivity index (χ0n) is 13.4. The summed E-state index contributed by atoms with van der Waals surface area (Å²) < 4.78 is 5.11. The van der Waals surface area contributed by atoms with Crippen LogP contribution in [0.15, 0.2) is 0 Å². The number of aliphatic carboxylic acids is 1. The van der Waals surface area contributed by atoms with E-state index in [4.69, 9.17) is 9.84 Å². The van der Waals surface area contributed by atoms with Crippen molar-refractivity contribution in [3.8, 4) is 0 Å². The maximum absolute atomic E-state index is 12.7. The first-order valence-electron chi connectivity index (χ1n) is 7.82. The molecule has 0 aromatic rings. The number of carboxylic acids is 1. The number of carbonyl (C=O) groups is 2. The van der Waals surface area contributed by atoms with Crippen molar-refractivity contribution in [1.82, 2.24) is 9.80 Å². The van der Waals surface area contributed by atoms with E-state index in [9.17, 15) is 9.59 Å². The summed E-state index contributed by atoms with van der Waals surface area (Å²) in [5.41, 5.74) is 0. The number of nitrogens with zero attached hydrogens (tertiary/aromatic N) is 2. The Balaban J connectivity index is 2.65. The normalized spacial score (nSPS) is 16.3. The SMILES string of the molecule is CCC(CC)N(CCOC)C(=O)N1CCC(C(=O)O)CC1. The number of amides is 2. The van der Waals surface area contributed by atoms with Crippen LogP contribution in [0.2, 0.25) is 0 Å². The number of hydrogen-bond acceptors (Lipinski definition) is 3. The van der Waals surface area contributed by atoms with Crippen LogP contribution in [0.3, 0.4) is 0 Å². The fourth-order valence-electron chi connectivity index (χ4n) is 2.85. The van der Waals surface area contributed by atoms with E-state index in [1.54, 1.807) is 12.0 Å². The molecular formula is C15H28N2O4. The molecule has 1 N–H and O–H groups in total. The van der Waals surface area contributed by atoms with Crippen LogP contribution in [0.5, 0.6) is 0 Å². The van der Waals surface area contributed by atoms with Crippen LogP contribution in [0, 0.1) is 5.92 Å². The Labute approximate surface area is 127 Å². The van der Waals surface area contributed by atoms with Crippen molar-refractivity contribution in [2.75, 3.05) is 33.4 Å². The zero-order valence-corrected chi connectivity index (χ0v) is 13.4. The number of hydrogen-bond donors (Lipinski definition) is 1. The summed E-state index contributed by atoms with van der Waals surface area (Å²) in [5, 5.41) is 9.02. The third kappa shape index (κ3) is 4.88. The lowest BCUT2D eigenvalue weighted by Crippen LogP contribution is -2.51. The first-order chi connectivity index (χ1) is 10.0. The molecule has 0 spiro atoms. The molecule has 1 aliphatic heterocycles. The minimum Gasteiger partial charge on any atom is -0.481 e. The molecule has 0 saturated carbocycles. The molecule has 1 heterocycles. The lowest BCUT2D eigenvalue weighted by Gasteiger charge is -2.38. The number of methoxy groups -OCH3 is 1. The Hall–Kier alpha value is -1.30. The monoisotopic (exact) mass is 300 g/mol. The Morgan fingerprint density at radius 3 is 2.29 bits per heavy atom. The zero-order chi connectivity index (χ0) is 15.8. The van der Waals surface area contributed by atoms with Gasteiger partial charge in [-0.3, -0.25) is 4.79 Å². The highest BCUT2D eigenvalue weighted by molar-refractivity contribution is 5.76. The van der Waals surface area contributed by atoms with E-state index in [1.807, 2.05) is 4.90 Å². The molecule has 1 rings (SSSR count). The molecule has 1 saturated heterocycles. The van der Waals surface area contributed by atoms with E-state index in [2.05, 4.69) is 13.8 Å². The molecule has 0 radical (unpaired) electrons. The van der Waals surface area contributed by atoms with Gasteiger partial charge in [0.25, 0.3) is 0 Å². The van der Waals surface area contributed by atoms with Crippen LogP contribution in [0.1, 0.15) is 39.5 Å². The van der Waals surface area contributed by atoms with Gasteiger partial charge in [0.15, 0.2) is 0 Å². The lowest BCUT2D eigenvalue weighted by molar-refractivity contribution is -0.143. The Morgan fingerprint density at radius 2 is 1.86 bits per heavy atom. The third-order valence-electron chi connectivity index (χ3n) is 4.28. The van der Waals surface area contributed by atoms with Crippen LogP contribution in [0.4, 0.5) is 4.79 Å². The molecule has 21 heavy (non-hydrogen) atoms. The van der Waals surface area contributed by atoms with Gasteiger partial charge < -0.3 is 19.6 Å². The van der Waals surface area contributed by atoms with E-state index in [-0.39, 0.29) is 18.0 Å². The number of urea groups is 1. The molecule has 0 bridgehead atoms. The molecule has 0 unspecified atom stereocenters. The molecule has 6 heteroatoms. The van der Waals surface area contributed by atoms with Crippen LogP contribution in [0.25, 0.3) is 0 Å². The smallest absolute Gasteiger partial charge is 0.320 e. The van der Waals surface area contributed by atoms with E-state index in [1.165, 1.54) is 0 Å². The van der Waals surface area contributed by atoms with Crippen molar-refractivity contribution in [3.05, 3.63) is 0 Å². The summed E-state index contributed by atoms with van der Waals surface area (Å²) in [6, 6.07) is 0.231. The summed E-state index contributed by atoms with van der Waals surface area (Å²) in [6.45, 7) is 6.32. The van der Waals surface area contributed by atoms with E-state index in [0.717, 1.165) is 12.8 Å². The van der Waals surface area contributed by atoms with Crippen molar-refractivity contribution in [2.45, 2.75) is 45.6 Å². The first kappa shape index (κ1) is 17.8. The predicted molar refractivity (Wildman–Crippen MR) is 80.3 cm³/mol. The van der Waals surface area contributed by atoms with Gasteiger partial charge in [-0.25, -0.2) is 4.79 Å². The molecule has 0 aliphatic carbocycles. The quantitative estimate of drug-likeness (QED) is 0.781. The second-order valence-corrected chi connectivity index (χ2v) is 5.54. The van der Waals surface area contributed by atoms with Gasteiger partial charge >= 0.3 is 12.0 Å². The fourth-order valence-corrected chi connectivity index (χ4v) is 2.85. The van der Waals surface area contributed by atoms with Crippen molar-refractivity contribution in [1.29, 1.82) is 0 Å². The number of carboxylic acid groups (broad SMARTS) is 1. The van der Waals surface area contributed by atoms with Gasteiger partial charge in [-0.2, -0.15) is 0 Å². The first-order valence-corrected chi connectivity index (χ1v) is 7.82. The minimum absolute atomic E-state index is 0.0181. The van der Waals surface area contributed by atoms with Crippen molar-refractivity contribution in [3.63, 3.8) is 0 Å². The molecule has 6 nitrogen and oxygen atoms in total. The van der Waals surface area contributed by atoms with Gasteiger partial charge in [-0.1, -0.05) is 13.8 Å². The van der Waals surface area contributed by atoms with Gasteiger partial charge in [0.05, 0.1) is 12.5 Å². The molecule has 0 aromatic heterocycles. The van der Waals surface area contributed by atoms with Crippen molar-refractivity contribution >= 4 is 12.0 Å². The second kappa shape index (κ2) is 8.87. The molecule has 1 aliphatic rings. The Kier molecular flexibility index (Phi) is 7.50. The molecular weight excluding hydrogens is 272 g/mol. The maximum Gasteiger partial charge on any atom is 0.320 e. The summed E-state index contributed by atoms with van der Waals surface area (Å²) in [5.74, 6) is -1.06. The number of rotatable bonds is 7. The van der Waals surface area contributed by atoms with Gasteiger partial charge in [-0.05, 0) is 25.7 Å². The van der Waals surface area contributed by atoms with Crippen molar-refractivity contribution in [2.24, 2.45) is 5.92 Å². The van der Waals surface area contributed by atoms with Gasteiger partial charge in [0.1, 0.15) is 0 Å². The summed E-state index contributed by atoms with van der Waals surface area (Å²) in [6.07, 6.45) is 2.92. The highest BCUT2D eigenvalue weighted by atomic mass is 16.5. The third-order valence-corrected chi connectivity index (χ3v) is 4.28. The number of likely N-dealkylation sites (tertiary alicyclic amines) is 1. The van der Waals surface area contributed by atoms with Crippen LogP contribution < -0.4 is 0 Å².